The summed E-state index contributed by atoms with van der Waals surface area (Å²) < 4.78 is 51.4. The molecule has 0 saturated carbocycles. The molecule has 6 atom stereocenters. The lowest BCUT2D eigenvalue weighted by Gasteiger charge is -2.24. The van der Waals surface area contributed by atoms with E-state index in [1.54, 1.807) is 0 Å². The van der Waals surface area contributed by atoms with Crippen LogP contribution in [0.1, 0.15) is 44.2 Å². The van der Waals surface area contributed by atoms with E-state index in [-0.39, 0.29) is 5.65 Å². The highest BCUT2D eigenvalue weighted by atomic mass is 32.2. The first-order chi connectivity index (χ1) is 19.9. The van der Waals surface area contributed by atoms with E-state index in [4.69, 9.17) is 24.1 Å². The van der Waals surface area contributed by atoms with Gasteiger partial charge in [-0.15, -0.1) is 0 Å². The highest BCUT2D eigenvalue weighted by molar-refractivity contribution is 7.84. The predicted octanol–water partition coefficient (Wildman–Crippen LogP) is 0.448. The van der Waals surface area contributed by atoms with Crippen molar-refractivity contribution in [2.24, 2.45) is 5.14 Å². The molecule has 0 radical (unpaired) electrons. The molecule has 1 aliphatic carbocycles. The Kier molecular flexibility index (Phi) is 8.09. The maximum Gasteiger partial charge on any atom is 0.333 e. The number of aromatic nitrogens is 4. The summed E-state index contributed by atoms with van der Waals surface area (Å²) in [7, 11) is -4.37. The van der Waals surface area contributed by atoms with Crippen molar-refractivity contribution in [3.8, 4) is 0 Å². The number of rotatable bonds is 9. The van der Waals surface area contributed by atoms with Crippen LogP contribution < -0.4 is 10.5 Å². The molecule has 16 nitrogen and oxygen atoms in total. The number of nitrogens with two attached hydrogens (primary N) is 1. The van der Waals surface area contributed by atoms with E-state index in [0.717, 1.165) is 25.0 Å². The normalized spacial score (nSPS) is 25.1. The van der Waals surface area contributed by atoms with Gasteiger partial charge in [-0.05, 0) is 11.1 Å². The number of imidazole rings is 1. The molecular weight excluding hydrogens is 576 g/mol. The van der Waals surface area contributed by atoms with E-state index < -0.39 is 71.5 Å². The molecule has 1 aliphatic heterocycles. The molecule has 0 spiro atoms. The molecule has 0 bridgehead atoms. The van der Waals surface area contributed by atoms with Crippen molar-refractivity contribution >= 4 is 45.2 Å². The Morgan fingerprint density at radius 2 is 1.71 bits per heavy atom. The molecule has 42 heavy (non-hydrogen) atoms. The van der Waals surface area contributed by atoms with Gasteiger partial charge in [0.15, 0.2) is 35.4 Å². The summed E-state index contributed by atoms with van der Waals surface area (Å²) in [5, 5.41) is 8.29. The Hall–Kier alpha value is -4.19. The van der Waals surface area contributed by atoms with Crippen molar-refractivity contribution in [1.82, 2.24) is 19.5 Å². The first-order valence-electron chi connectivity index (χ1n) is 12.8. The third-order valence-corrected chi connectivity index (χ3v) is 7.18. The van der Waals surface area contributed by atoms with Crippen LogP contribution in [0.3, 0.4) is 0 Å². The number of ether oxygens (including phenoxy) is 4. The third-order valence-electron chi connectivity index (χ3n) is 6.71. The highest BCUT2D eigenvalue weighted by Crippen LogP contribution is 2.39. The summed E-state index contributed by atoms with van der Waals surface area (Å²) in [6, 6.07) is 7.25. The maximum atomic E-state index is 12.0. The molecule has 1 fully saturated rings. The average molecular weight is 605 g/mol. The minimum atomic E-state index is -4.37. The first kappa shape index (κ1) is 29.3. The van der Waals surface area contributed by atoms with E-state index in [2.05, 4.69) is 24.5 Å². The second-order valence-electron chi connectivity index (χ2n) is 9.71. The first-order valence-corrected chi connectivity index (χ1v) is 14.2. The molecule has 3 heterocycles. The van der Waals surface area contributed by atoms with Crippen LogP contribution in [0.2, 0.25) is 0 Å². The smallest absolute Gasteiger partial charge is 0.333 e. The second kappa shape index (κ2) is 11.6. The molecule has 2 aliphatic rings. The minimum Gasteiger partial charge on any atom is -0.460 e. The van der Waals surface area contributed by atoms with Gasteiger partial charge in [-0.2, -0.15) is 8.42 Å². The van der Waals surface area contributed by atoms with E-state index in [1.165, 1.54) is 24.1 Å². The fourth-order valence-electron chi connectivity index (χ4n) is 5.22. The van der Waals surface area contributed by atoms with Crippen LogP contribution >= 0.6 is 0 Å². The number of carbonyl (C=O) groups excluding carboxylic acids is 3. The zero-order valence-electron chi connectivity index (χ0n) is 22.7. The molecule has 0 amide bonds. The molecule has 17 heteroatoms. The molecule has 1 aromatic carbocycles. The lowest BCUT2D eigenvalue weighted by Crippen LogP contribution is -2.41. The van der Waals surface area contributed by atoms with Gasteiger partial charge in [0.05, 0.1) is 19.0 Å². The average Bonchev–Trinajstić information content (AvgIpc) is 3.56. The number of benzene rings is 1. The molecule has 1 unspecified atom stereocenters. The van der Waals surface area contributed by atoms with Crippen molar-refractivity contribution in [3.05, 3.63) is 48.0 Å². The van der Waals surface area contributed by atoms with Crippen LogP contribution in [0.5, 0.6) is 0 Å². The fourth-order valence-corrected chi connectivity index (χ4v) is 5.55. The quantitative estimate of drug-likeness (QED) is 0.251. The highest BCUT2D eigenvalue weighted by Gasteiger charge is 2.51. The molecule has 3 aromatic rings. The van der Waals surface area contributed by atoms with Crippen molar-refractivity contribution in [2.75, 3.05) is 11.9 Å². The Morgan fingerprint density at radius 3 is 2.40 bits per heavy atom. The van der Waals surface area contributed by atoms with Gasteiger partial charge in [0.1, 0.15) is 18.5 Å². The second-order valence-corrected chi connectivity index (χ2v) is 10.9. The minimum absolute atomic E-state index is 0.250. The third kappa shape index (κ3) is 6.18. The van der Waals surface area contributed by atoms with E-state index in [1.807, 2.05) is 24.3 Å². The molecular formula is C25H28N6O10S. The van der Waals surface area contributed by atoms with Crippen LogP contribution in [0, 0.1) is 0 Å². The topological polar surface area (TPSA) is 213 Å². The number of fused-ring (bicyclic) bond motifs is 2. The van der Waals surface area contributed by atoms with Gasteiger partial charge in [0, 0.05) is 27.2 Å². The van der Waals surface area contributed by atoms with Crippen LogP contribution in [0.4, 0.5) is 5.82 Å². The number of nitrogens with zero attached hydrogens (tertiary/aromatic N) is 4. The number of nitrogens with one attached hydrogen (secondary N) is 1. The number of carbonyl (C=O) groups is 3. The summed E-state index contributed by atoms with van der Waals surface area (Å²) in [5.41, 5.74) is 2.51. The zero-order valence-corrected chi connectivity index (χ0v) is 23.5. The van der Waals surface area contributed by atoms with Gasteiger partial charge in [0.2, 0.25) is 0 Å². The monoisotopic (exact) mass is 604 g/mol. The molecule has 3 N–H and O–H groups in total. The Bertz CT molecular complexity index is 1630. The van der Waals surface area contributed by atoms with Gasteiger partial charge < -0.3 is 24.3 Å². The van der Waals surface area contributed by atoms with E-state index >= 15 is 0 Å². The van der Waals surface area contributed by atoms with Gasteiger partial charge in [-0.1, -0.05) is 24.3 Å². The van der Waals surface area contributed by atoms with Crippen LogP contribution in [-0.4, -0.2) is 76.9 Å². The number of hydrogen-bond acceptors (Lipinski definition) is 14. The molecule has 2 aromatic heterocycles. The Labute approximate surface area is 239 Å². The van der Waals surface area contributed by atoms with Crippen LogP contribution in [0.15, 0.2) is 36.9 Å². The van der Waals surface area contributed by atoms with Crippen LogP contribution in [-0.2, 0) is 54.2 Å². The van der Waals surface area contributed by atoms with Gasteiger partial charge in [-0.3, -0.25) is 23.1 Å². The SMILES string of the molecule is CC(=O)OC1[C@@H](OC(C)=O)[C@H](n2cnc3c(N[C@@H]4c5ccccc5C[C@@H]4OC(C)=O)ncnc32)O[C@@H]1COS(N)(=O)=O. The van der Waals surface area contributed by atoms with Crippen LogP contribution in [0.25, 0.3) is 11.2 Å². The van der Waals surface area contributed by atoms with Crippen molar-refractivity contribution < 1.29 is 45.9 Å². The van der Waals surface area contributed by atoms with Crippen molar-refractivity contribution in [1.29, 1.82) is 0 Å². The van der Waals surface area contributed by atoms with E-state index in [9.17, 15) is 22.8 Å². The van der Waals surface area contributed by atoms with Gasteiger partial charge >= 0.3 is 28.2 Å². The Morgan fingerprint density at radius 1 is 1.02 bits per heavy atom. The molecule has 1 saturated heterocycles. The summed E-state index contributed by atoms with van der Waals surface area (Å²) in [6.45, 7) is 3.01. The number of esters is 3. The summed E-state index contributed by atoms with van der Waals surface area (Å²) in [5.74, 6) is -1.54. The predicted molar refractivity (Wildman–Crippen MR) is 141 cm³/mol. The largest absolute Gasteiger partial charge is 0.460 e. The maximum absolute atomic E-state index is 12.0. The van der Waals surface area contributed by atoms with Crippen molar-refractivity contribution in [2.45, 2.75) is 63.9 Å². The van der Waals surface area contributed by atoms with Gasteiger partial charge in [0.25, 0.3) is 0 Å². The lowest BCUT2D eigenvalue weighted by molar-refractivity contribution is -0.165. The molecule has 224 valence electrons. The summed E-state index contributed by atoms with van der Waals surface area (Å²) in [4.78, 5) is 48.9. The lowest BCUT2D eigenvalue weighted by atomic mass is 10.1. The van der Waals surface area contributed by atoms with Gasteiger partial charge in [-0.25, -0.2) is 20.1 Å². The Balaban J connectivity index is 1.50. The summed E-state index contributed by atoms with van der Waals surface area (Å²) >= 11 is 0. The molecule has 5 rings (SSSR count). The standard InChI is InChI=1S/C25H28N6O10S/c1-12(32)38-17-8-15-6-4-5-7-16(15)19(17)30-23-20-24(28-10-27-23)31(11-29-20)25-22(40-14(3)34)21(39-13(2)33)18(41-25)9-37-42(26,35)36/h4-7,10-11,17-19,21-22,25H,8-9H2,1-3H3,(H2,26,35,36)(H,27,28,30)/t17-,18+,19+,21?,22+,25+/m0/s1. The van der Waals surface area contributed by atoms with Crippen molar-refractivity contribution in [3.63, 3.8) is 0 Å². The number of hydrogen-bond donors (Lipinski definition) is 2. The van der Waals surface area contributed by atoms with E-state index in [0.29, 0.717) is 17.8 Å². The summed E-state index contributed by atoms with van der Waals surface area (Å²) in [6.07, 6.45) is -2.19. The zero-order chi connectivity index (χ0) is 30.2. The fraction of sp³-hybridized carbons (Fsp3) is 0.440. The number of anilines is 1.